The van der Waals surface area contributed by atoms with Crippen molar-refractivity contribution in [1.29, 1.82) is 0 Å². The summed E-state index contributed by atoms with van der Waals surface area (Å²) in [6.07, 6.45) is 2.74. The van der Waals surface area contributed by atoms with E-state index in [1.165, 1.54) is 36.5 Å². The van der Waals surface area contributed by atoms with Crippen LogP contribution in [0.1, 0.15) is 47.2 Å². The van der Waals surface area contributed by atoms with Crippen molar-refractivity contribution in [3.8, 4) is 17.2 Å². The first-order valence-electron chi connectivity index (χ1n) is 11.3. The Morgan fingerprint density at radius 2 is 1.79 bits per heavy atom. The average molecular weight is 459 g/mol. The van der Waals surface area contributed by atoms with Crippen LogP contribution in [0.5, 0.6) is 17.2 Å². The van der Waals surface area contributed by atoms with Crippen molar-refractivity contribution in [2.75, 3.05) is 14.2 Å². The molecule has 34 heavy (non-hydrogen) atoms. The number of benzene rings is 2. The van der Waals surface area contributed by atoms with Gasteiger partial charge in [0.05, 0.1) is 26.5 Å². The molecular weight excluding hydrogens is 428 g/mol. The van der Waals surface area contributed by atoms with Gasteiger partial charge in [-0.2, -0.15) is 0 Å². The van der Waals surface area contributed by atoms with E-state index in [1.54, 1.807) is 6.20 Å². The topological polar surface area (TPSA) is 80.7 Å². The van der Waals surface area contributed by atoms with Gasteiger partial charge in [0, 0.05) is 18.5 Å². The maximum atomic E-state index is 12.9. The summed E-state index contributed by atoms with van der Waals surface area (Å²) in [7, 11) is 3.05. The van der Waals surface area contributed by atoms with Crippen LogP contribution in [0.15, 0.2) is 60.3 Å². The zero-order valence-electron chi connectivity index (χ0n) is 20.0. The van der Waals surface area contributed by atoms with Crippen molar-refractivity contribution >= 4 is 11.5 Å². The Hall–Kier alpha value is -3.80. The Morgan fingerprint density at radius 3 is 2.44 bits per heavy atom. The molecule has 1 unspecified atom stereocenters. The summed E-state index contributed by atoms with van der Waals surface area (Å²) in [6, 6.07) is 15.8. The number of nitrogens with one attached hydrogen (secondary N) is 1. The summed E-state index contributed by atoms with van der Waals surface area (Å²) in [4.78, 5) is 17.1. The Kier molecular flexibility index (Phi) is 6.87. The molecule has 6 heteroatoms. The van der Waals surface area contributed by atoms with Crippen LogP contribution in [0.4, 0.5) is 0 Å². The maximum Gasteiger partial charge on any atom is 0.221 e. The number of amides is 1. The zero-order chi connectivity index (χ0) is 24.2. The second-order valence-corrected chi connectivity index (χ2v) is 8.63. The molecule has 1 aliphatic carbocycles. The van der Waals surface area contributed by atoms with Gasteiger partial charge < -0.3 is 19.9 Å². The summed E-state index contributed by atoms with van der Waals surface area (Å²) >= 11 is 0. The standard InChI is InChI=1S/C28H30N2O4/c1-17-8-9-21-22(12-19-13-25(33-3)28(32)26(14-19)34-4)18(2)23(24(21)11-17)15-27(31)30-16-20-7-5-6-10-29-20/h5-11,13-14,23,32H,12,15-16H2,1-4H3,(H,30,31). The SMILES string of the molecule is COc1cc(CC2=C(C)C(CC(=O)NCc3ccccn3)c3cc(C)ccc32)cc(OC)c1O. The summed E-state index contributed by atoms with van der Waals surface area (Å²) < 4.78 is 10.7. The number of aromatic nitrogens is 1. The number of carbonyl (C=O) groups is 1. The number of allylic oxidation sites excluding steroid dienone is 2. The number of pyridine rings is 1. The minimum absolute atomic E-state index is 0.00307. The number of rotatable bonds is 8. The summed E-state index contributed by atoms with van der Waals surface area (Å²) in [5, 5.41) is 13.3. The predicted molar refractivity (Wildman–Crippen MR) is 132 cm³/mol. The molecule has 3 aromatic rings. The fraction of sp³-hybridized carbons (Fsp3) is 0.286. The lowest BCUT2D eigenvalue weighted by Gasteiger charge is -2.15. The second-order valence-electron chi connectivity index (χ2n) is 8.63. The van der Waals surface area contributed by atoms with Gasteiger partial charge in [0.15, 0.2) is 11.5 Å². The molecule has 0 aliphatic heterocycles. The van der Waals surface area contributed by atoms with E-state index >= 15 is 0 Å². The van der Waals surface area contributed by atoms with Gasteiger partial charge in [-0.25, -0.2) is 0 Å². The van der Waals surface area contributed by atoms with Gasteiger partial charge in [0.25, 0.3) is 0 Å². The van der Waals surface area contributed by atoms with Gasteiger partial charge in [0.2, 0.25) is 11.7 Å². The summed E-state index contributed by atoms with van der Waals surface area (Å²) in [5.74, 6) is 0.746. The third-order valence-electron chi connectivity index (χ3n) is 6.41. The van der Waals surface area contributed by atoms with E-state index in [0.29, 0.717) is 30.9 Å². The molecule has 176 valence electrons. The first-order chi connectivity index (χ1) is 16.4. The highest BCUT2D eigenvalue weighted by molar-refractivity contribution is 5.84. The number of methoxy groups -OCH3 is 2. The lowest BCUT2D eigenvalue weighted by molar-refractivity contribution is -0.121. The van der Waals surface area contributed by atoms with E-state index in [1.807, 2.05) is 30.3 Å². The largest absolute Gasteiger partial charge is 0.502 e. The van der Waals surface area contributed by atoms with Crippen molar-refractivity contribution in [1.82, 2.24) is 10.3 Å². The quantitative estimate of drug-likeness (QED) is 0.500. The van der Waals surface area contributed by atoms with Gasteiger partial charge in [-0.15, -0.1) is 0 Å². The number of hydrogen-bond donors (Lipinski definition) is 2. The Balaban J connectivity index is 1.61. The van der Waals surface area contributed by atoms with Crippen LogP contribution in [0, 0.1) is 6.92 Å². The molecule has 1 heterocycles. The van der Waals surface area contributed by atoms with E-state index in [9.17, 15) is 9.90 Å². The van der Waals surface area contributed by atoms with Crippen LogP contribution in [0.2, 0.25) is 0 Å². The lowest BCUT2D eigenvalue weighted by Crippen LogP contribution is -2.25. The van der Waals surface area contributed by atoms with Crippen molar-refractivity contribution in [2.45, 2.75) is 39.2 Å². The first kappa shape index (κ1) is 23.4. The van der Waals surface area contributed by atoms with E-state index in [4.69, 9.17) is 9.47 Å². The number of nitrogens with zero attached hydrogens (tertiary/aromatic N) is 1. The molecule has 1 atom stereocenters. The molecule has 0 saturated carbocycles. The number of phenolic OH excluding ortho intramolecular Hbond substituents is 1. The van der Waals surface area contributed by atoms with Gasteiger partial charge in [-0.05, 0) is 66.8 Å². The van der Waals surface area contributed by atoms with Crippen LogP contribution >= 0.6 is 0 Å². The molecule has 0 fully saturated rings. The van der Waals surface area contributed by atoms with E-state index in [-0.39, 0.29) is 17.6 Å². The number of aromatic hydroxyl groups is 1. The van der Waals surface area contributed by atoms with E-state index in [2.05, 4.69) is 42.3 Å². The Labute approximate surface area is 200 Å². The van der Waals surface area contributed by atoms with E-state index < -0.39 is 0 Å². The van der Waals surface area contributed by atoms with Crippen LogP contribution in [-0.2, 0) is 17.8 Å². The molecule has 1 aliphatic rings. The number of hydrogen-bond acceptors (Lipinski definition) is 5. The zero-order valence-corrected chi connectivity index (χ0v) is 20.0. The van der Waals surface area contributed by atoms with Crippen LogP contribution in [0.3, 0.4) is 0 Å². The molecule has 0 radical (unpaired) electrons. The monoisotopic (exact) mass is 458 g/mol. The van der Waals surface area contributed by atoms with Crippen molar-refractivity contribution in [3.05, 3.63) is 88.2 Å². The molecule has 1 aromatic heterocycles. The molecule has 2 aromatic carbocycles. The molecule has 0 spiro atoms. The summed E-state index contributed by atoms with van der Waals surface area (Å²) in [5.41, 5.74) is 7.68. The minimum Gasteiger partial charge on any atom is -0.502 e. The van der Waals surface area contributed by atoms with Gasteiger partial charge >= 0.3 is 0 Å². The fourth-order valence-electron chi connectivity index (χ4n) is 4.60. The highest BCUT2D eigenvalue weighted by atomic mass is 16.5. The van der Waals surface area contributed by atoms with Gasteiger partial charge in [-0.3, -0.25) is 9.78 Å². The second kappa shape index (κ2) is 10.00. The highest BCUT2D eigenvalue weighted by Crippen LogP contribution is 2.46. The molecule has 0 bridgehead atoms. The predicted octanol–water partition coefficient (Wildman–Crippen LogP) is 4.93. The van der Waals surface area contributed by atoms with Crippen LogP contribution in [0.25, 0.3) is 5.57 Å². The highest BCUT2D eigenvalue weighted by Gasteiger charge is 2.30. The van der Waals surface area contributed by atoms with Crippen LogP contribution in [-0.4, -0.2) is 30.2 Å². The number of carbonyl (C=O) groups excluding carboxylic acids is 1. The molecule has 1 amide bonds. The number of aryl methyl sites for hydroxylation is 1. The smallest absolute Gasteiger partial charge is 0.221 e. The first-order valence-corrected chi connectivity index (χ1v) is 11.3. The lowest BCUT2D eigenvalue weighted by atomic mass is 9.92. The molecule has 0 saturated heterocycles. The van der Waals surface area contributed by atoms with Gasteiger partial charge in [0.1, 0.15) is 0 Å². The summed E-state index contributed by atoms with van der Waals surface area (Å²) in [6.45, 7) is 4.59. The number of ether oxygens (including phenoxy) is 2. The Bertz CT molecular complexity index is 1210. The maximum absolute atomic E-state index is 12.9. The molecule has 4 rings (SSSR count). The fourth-order valence-corrected chi connectivity index (χ4v) is 4.60. The van der Waals surface area contributed by atoms with Gasteiger partial charge in [-0.1, -0.05) is 35.4 Å². The minimum atomic E-state index is -0.00986. The van der Waals surface area contributed by atoms with Crippen LogP contribution < -0.4 is 14.8 Å². The third kappa shape index (κ3) is 4.76. The average Bonchev–Trinajstić information content (AvgIpc) is 3.09. The number of phenols is 1. The van der Waals surface area contributed by atoms with Crippen molar-refractivity contribution in [3.63, 3.8) is 0 Å². The van der Waals surface area contributed by atoms with Crippen molar-refractivity contribution < 1.29 is 19.4 Å². The third-order valence-corrected chi connectivity index (χ3v) is 6.41. The number of fused-ring (bicyclic) bond motifs is 1. The molecular formula is C28H30N2O4. The molecule has 2 N–H and O–H groups in total. The Morgan fingerprint density at radius 1 is 1.06 bits per heavy atom. The van der Waals surface area contributed by atoms with Crippen molar-refractivity contribution in [2.24, 2.45) is 0 Å². The van der Waals surface area contributed by atoms with E-state index in [0.717, 1.165) is 16.8 Å². The normalized spacial score (nSPS) is 14.6. The molecule has 6 nitrogen and oxygen atoms in total.